The van der Waals surface area contributed by atoms with Crippen molar-refractivity contribution in [1.29, 1.82) is 0 Å². The molecular weight excluding hydrogens is 370 g/mol. The minimum atomic E-state index is 0.672. The number of hydrogen-bond acceptors (Lipinski definition) is 5. The molecule has 0 unspecified atom stereocenters. The first-order valence-electron chi connectivity index (χ1n) is 9.47. The zero-order valence-corrected chi connectivity index (χ0v) is 17.1. The number of methoxy groups -OCH3 is 1. The van der Waals surface area contributed by atoms with Gasteiger partial charge in [0.1, 0.15) is 12.1 Å². The number of anilines is 1. The molecule has 0 saturated carbocycles. The summed E-state index contributed by atoms with van der Waals surface area (Å²) in [6.07, 6.45) is 1.77. The van der Waals surface area contributed by atoms with Gasteiger partial charge in [0.25, 0.3) is 0 Å². The summed E-state index contributed by atoms with van der Waals surface area (Å²) in [6, 6.07) is 16.5. The summed E-state index contributed by atoms with van der Waals surface area (Å²) in [4.78, 5) is 4.83. The molecule has 3 aromatic rings. The summed E-state index contributed by atoms with van der Waals surface area (Å²) in [5, 5.41) is 4.52. The molecule has 2 aromatic carbocycles. The van der Waals surface area contributed by atoms with Crippen LogP contribution in [-0.2, 0) is 6.67 Å². The lowest BCUT2D eigenvalue weighted by atomic mass is 10.2. The molecule has 1 aromatic heterocycles. The highest BCUT2D eigenvalue weighted by Crippen LogP contribution is 2.22. The molecule has 0 atom stereocenters. The van der Waals surface area contributed by atoms with Crippen LogP contribution in [0.4, 0.5) is 5.69 Å². The maximum atomic E-state index is 5.67. The molecule has 7 heteroatoms. The van der Waals surface area contributed by atoms with Gasteiger partial charge in [0, 0.05) is 31.9 Å². The van der Waals surface area contributed by atoms with Gasteiger partial charge in [-0.05, 0) is 49.0 Å². The van der Waals surface area contributed by atoms with Crippen LogP contribution in [0.25, 0.3) is 5.69 Å². The van der Waals surface area contributed by atoms with Gasteiger partial charge >= 0.3 is 0 Å². The second-order valence-electron chi connectivity index (χ2n) is 7.04. The molecule has 0 radical (unpaired) electrons. The number of ether oxygens (including phenoxy) is 1. The number of aryl methyl sites for hydroxylation is 1. The van der Waals surface area contributed by atoms with Crippen molar-refractivity contribution in [2.24, 2.45) is 0 Å². The Morgan fingerprint density at radius 2 is 1.82 bits per heavy atom. The summed E-state index contributed by atoms with van der Waals surface area (Å²) < 4.78 is 9.91. The normalized spacial score (nSPS) is 15.0. The van der Waals surface area contributed by atoms with Gasteiger partial charge in [0.2, 0.25) is 4.77 Å². The van der Waals surface area contributed by atoms with Gasteiger partial charge in [-0.15, -0.1) is 0 Å². The Kier molecular flexibility index (Phi) is 5.45. The van der Waals surface area contributed by atoms with Crippen LogP contribution in [0.2, 0.25) is 0 Å². The molecule has 4 rings (SSSR count). The molecule has 1 saturated heterocycles. The Balaban J connectivity index is 1.44. The SMILES string of the molecule is COc1ccccc1-n1cnn(CN2CCN(c3cccc(C)c3)CC2)c1=S. The van der Waals surface area contributed by atoms with E-state index < -0.39 is 0 Å². The van der Waals surface area contributed by atoms with E-state index in [4.69, 9.17) is 17.0 Å². The quantitative estimate of drug-likeness (QED) is 0.618. The van der Waals surface area contributed by atoms with E-state index in [1.807, 2.05) is 33.5 Å². The molecule has 1 fully saturated rings. The molecule has 146 valence electrons. The number of hydrogen-bond donors (Lipinski definition) is 0. The summed E-state index contributed by atoms with van der Waals surface area (Å²) in [5.74, 6) is 0.782. The predicted octanol–water partition coefficient (Wildman–Crippen LogP) is 3.50. The van der Waals surface area contributed by atoms with Gasteiger partial charge in [0.15, 0.2) is 0 Å². The largest absolute Gasteiger partial charge is 0.495 e. The maximum absolute atomic E-state index is 5.67. The third-order valence-electron chi connectivity index (χ3n) is 5.15. The van der Waals surface area contributed by atoms with E-state index in [0.717, 1.165) is 37.6 Å². The summed E-state index contributed by atoms with van der Waals surface area (Å²) in [5.41, 5.74) is 3.51. The van der Waals surface area contributed by atoms with Gasteiger partial charge in [-0.2, -0.15) is 5.10 Å². The van der Waals surface area contributed by atoms with E-state index in [0.29, 0.717) is 11.4 Å². The van der Waals surface area contributed by atoms with Crippen molar-refractivity contribution in [3.63, 3.8) is 0 Å². The third-order valence-corrected chi connectivity index (χ3v) is 5.56. The number of benzene rings is 2. The van der Waals surface area contributed by atoms with Crippen LogP contribution in [-0.4, -0.2) is 52.5 Å². The molecule has 0 aliphatic carbocycles. The zero-order chi connectivity index (χ0) is 19.5. The molecular formula is C21H25N5OS. The second kappa shape index (κ2) is 8.16. The predicted molar refractivity (Wildman–Crippen MR) is 114 cm³/mol. The zero-order valence-electron chi connectivity index (χ0n) is 16.3. The van der Waals surface area contributed by atoms with Crippen molar-refractivity contribution in [3.8, 4) is 11.4 Å². The van der Waals surface area contributed by atoms with Crippen molar-refractivity contribution < 1.29 is 4.74 Å². The maximum Gasteiger partial charge on any atom is 0.203 e. The Bertz CT molecular complexity index is 1000. The Hall–Kier alpha value is -2.64. The van der Waals surface area contributed by atoms with Crippen LogP contribution in [0.1, 0.15) is 5.56 Å². The number of para-hydroxylation sites is 2. The van der Waals surface area contributed by atoms with Crippen molar-refractivity contribution in [3.05, 3.63) is 65.2 Å². The van der Waals surface area contributed by atoms with Crippen LogP contribution < -0.4 is 9.64 Å². The second-order valence-corrected chi connectivity index (χ2v) is 7.41. The lowest BCUT2D eigenvalue weighted by Crippen LogP contribution is -2.47. The van der Waals surface area contributed by atoms with Gasteiger partial charge in [-0.25, -0.2) is 4.68 Å². The van der Waals surface area contributed by atoms with Crippen LogP contribution in [0.5, 0.6) is 5.75 Å². The lowest BCUT2D eigenvalue weighted by molar-refractivity contribution is 0.194. The first-order chi connectivity index (χ1) is 13.7. The number of piperazine rings is 1. The van der Waals surface area contributed by atoms with Gasteiger partial charge < -0.3 is 9.64 Å². The van der Waals surface area contributed by atoms with E-state index in [9.17, 15) is 0 Å². The fourth-order valence-electron chi connectivity index (χ4n) is 3.59. The van der Waals surface area contributed by atoms with Crippen LogP contribution in [0.15, 0.2) is 54.9 Å². The molecule has 2 heterocycles. The fourth-order valence-corrected chi connectivity index (χ4v) is 3.84. The Morgan fingerprint density at radius 1 is 1.04 bits per heavy atom. The molecule has 0 spiro atoms. The average Bonchev–Trinajstić information content (AvgIpc) is 3.08. The minimum Gasteiger partial charge on any atom is -0.495 e. The highest BCUT2D eigenvalue weighted by molar-refractivity contribution is 7.71. The molecule has 0 bridgehead atoms. The van der Waals surface area contributed by atoms with Crippen molar-refractivity contribution in [2.45, 2.75) is 13.6 Å². The van der Waals surface area contributed by atoms with Crippen molar-refractivity contribution in [1.82, 2.24) is 19.2 Å². The first-order valence-corrected chi connectivity index (χ1v) is 9.88. The number of rotatable bonds is 5. The smallest absolute Gasteiger partial charge is 0.203 e. The van der Waals surface area contributed by atoms with E-state index in [-0.39, 0.29) is 0 Å². The molecule has 0 N–H and O–H groups in total. The molecule has 0 amide bonds. The fraction of sp³-hybridized carbons (Fsp3) is 0.333. The van der Waals surface area contributed by atoms with E-state index in [2.05, 4.69) is 46.1 Å². The van der Waals surface area contributed by atoms with E-state index >= 15 is 0 Å². The standard InChI is InChI=1S/C21H25N5OS/c1-17-6-5-7-18(14-17)24-12-10-23(11-13-24)16-26-21(28)25(15-22-26)19-8-3-4-9-20(19)27-2/h3-9,14-15H,10-13,16H2,1-2H3. The Morgan fingerprint density at radius 3 is 2.57 bits per heavy atom. The van der Waals surface area contributed by atoms with Crippen LogP contribution >= 0.6 is 12.2 Å². The summed E-state index contributed by atoms with van der Waals surface area (Å²) in [7, 11) is 1.67. The third kappa shape index (κ3) is 3.81. The first kappa shape index (κ1) is 18.7. The average molecular weight is 396 g/mol. The topological polar surface area (TPSA) is 38.5 Å². The Labute approximate surface area is 170 Å². The summed E-state index contributed by atoms with van der Waals surface area (Å²) in [6.45, 7) is 6.81. The molecule has 6 nitrogen and oxygen atoms in total. The number of nitrogens with zero attached hydrogens (tertiary/aromatic N) is 5. The van der Waals surface area contributed by atoms with Gasteiger partial charge in [-0.1, -0.05) is 24.3 Å². The summed E-state index contributed by atoms with van der Waals surface area (Å²) >= 11 is 5.67. The van der Waals surface area contributed by atoms with E-state index in [1.165, 1.54) is 11.3 Å². The van der Waals surface area contributed by atoms with Crippen LogP contribution in [0, 0.1) is 11.7 Å². The minimum absolute atomic E-state index is 0.672. The van der Waals surface area contributed by atoms with Gasteiger partial charge in [-0.3, -0.25) is 9.47 Å². The highest BCUT2D eigenvalue weighted by atomic mass is 32.1. The number of aromatic nitrogens is 3. The van der Waals surface area contributed by atoms with Crippen molar-refractivity contribution >= 4 is 17.9 Å². The van der Waals surface area contributed by atoms with Crippen molar-refractivity contribution in [2.75, 3.05) is 38.2 Å². The molecule has 28 heavy (non-hydrogen) atoms. The highest BCUT2D eigenvalue weighted by Gasteiger charge is 2.18. The monoisotopic (exact) mass is 395 g/mol. The molecule has 1 aliphatic rings. The lowest BCUT2D eigenvalue weighted by Gasteiger charge is -2.36. The molecule has 1 aliphatic heterocycles. The van der Waals surface area contributed by atoms with E-state index in [1.54, 1.807) is 13.4 Å². The van der Waals surface area contributed by atoms with Gasteiger partial charge in [0.05, 0.1) is 19.5 Å². The van der Waals surface area contributed by atoms with Crippen LogP contribution in [0.3, 0.4) is 0 Å².